The molecule has 0 amide bonds. The van der Waals surface area contributed by atoms with Crippen LogP contribution in [0.1, 0.15) is 59.8 Å². The maximum absolute atomic E-state index is 9.50. The van der Waals surface area contributed by atoms with Crippen LogP contribution in [0.3, 0.4) is 0 Å². The fraction of sp³-hybridized carbons (Fsp3) is 1.00. The quantitative estimate of drug-likeness (QED) is 0.635. The van der Waals surface area contributed by atoms with Crippen LogP contribution in [-0.4, -0.2) is 29.8 Å². The Labute approximate surface area is 119 Å². The van der Waals surface area contributed by atoms with Crippen molar-refractivity contribution in [1.82, 2.24) is 5.32 Å². The highest BCUT2D eigenvalue weighted by molar-refractivity contribution is 4.96. The van der Waals surface area contributed by atoms with Gasteiger partial charge in [0.25, 0.3) is 0 Å². The lowest BCUT2D eigenvalue weighted by atomic mass is 9.80. The van der Waals surface area contributed by atoms with Crippen molar-refractivity contribution in [1.29, 1.82) is 0 Å². The van der Waals surface area contributed by atoms with Gasteiger partial charge in [-0.05, 0) is 43.4 Å². The molecule has 0 aromatic carbocycles. The van der Waals surface area contributed by atoms with E-state index in [1.54, 1.807) is 0 Å². The Morgan fingerprint density at radius 2 is 1.74 bits per heavy atom. The van der Waals surface area contributed by atoms with E-state index < -0.39 is 0 Å². The van der Waals surface area contributed by atoms with E-state index in [1.165, 1.54) is 12.8 Å². The van der Waals surface area contributed by atoms with Crippen LogP contribution in [0, 0.1) is 17.8 Å². The molecule has 4 N–H and O–H groups in total. The molecule has 0 saturated heterocycles. The summed E-state index contributed by atoms with van der Waals surface area (Å²) in [6.07, 6.45) is 5.81. The Balaban J connectivity index is 2.76. The average Bonchev–Trinajstić information content (AvgIpc) is 2.74. The predicted molar refractivity (Wildman–Crippen MR) is 82.0 cm³/mol. The van der Waals surface area contributed by atoms with E-state index in [0.29, 0.717) is 36.9 Å². The Morgan fingerprint density at radius 1 is 1.16 bits per heavy atom. The predicted octanol–water partition coefficient (Wildman–Crippen LogP) is 2.53. The largest absolute Gasteiger partial charge is 0.396 e. The van der Waals surface area contributed by atoms with Gasteiger partial charge in [0.15, 0.2) is 0 Å². The summed E-state index contributed by atoms with van der Waals surface area (Å²) in [7, 11) is 0. The highest BCUT2D eigenvalue weighted by Gasteiger charge is 2.36. The van der Waals surface area contributed by atoms with Crippen molar-refractivity contribution in [2.24, 2.45) is 23.5 Å². The van der Waals surface area contributed by atoms with E-state index in [2.05, 4.69) is 33.0 Å². The molecule has 2 atom stereocenters. The molecule has 0 radical (unpaired) electrons. The number of nitrogens with one attached hydrogen (secondary N) is 1. The first-order valence-corrected chi connectivity index (χ1v) is 8.01. The van der Waals surface area contributed by atoms with Crippen molar-refractivity contribution < 1.29 is 5.11 Å². The fourth-order valence-electron chi connectivity index (χ4n) is 3.83. The van der Waals surface area contributed by atoms with Gasteiger partial charge in [-0.15, -0.1) is 0 Å². The lowest BCUT2D eigenvalue weighted by molar-refractivity contribution is 0.154. The molecule has 3 nitrogen and oxygen atoms in total. The Kier molecular flexibility index (Phi) is 6.78. The first-order valence-electron chi connectivity index (χ1n) is 8.01. The molecule has 2 unspecified atom stereocenters. The number of hydrogen-bond acceptors (Lipinski definition) is 3. The zero-order valence-corrected chi connectivity index (χ0v) is 13.3. The summed E-state index contributed by atoms with van der Waals surface area (Å²) < 4.78 is 0. The van der Waals surface area contributed by atoms with E-state index in [4.69, 9.17) is 5.73 Å². The molecule has 1 aliphatic rings. The third-order valence-electron chi connectivity index (χ3n) is 4.37. The van der Waals surface area contributed by atoms with Crippen LogP contribution in [-0.2, 0) is 0 Å². The van der Waals surface area contributed by atoms with Crippen LogP contribution >= 0.6 is 0 Å². The lowest BCUT2D eigenvalue weighted by Gasteiger charge is -2.40. The molecule has 0 bridgehead atoms. The smallest absolute Gasteiger partial charge is 0.0474 e. The Hall–Kier alpha value is -0.120. The molecular formula is C16H34N2O. The van der Waals surface area contributed by atoms with E-state index in [1.807, 2.05) is 0 Å². The standard InChI is InChI=1S/C16H34N2O/c1-12(2)8-16(11-17,9-13(3)4)18-15-7-5-6-14(15)10-19/h12-15,18-19H,5-11,17H2,1-4H3. The van der Waals surface area contributed by atoms with Crippen LogP contribution in [0.5, 0.6) is 0 Å². The van der Waals surface area contributed by atoms with Crippen molar-refractivity contribution in [3.05, 3.63) is 0 Å². The van der Waals surface area contributed by atoms with Gasteiger partial charge in [0, 0.05) is 24.7 Å². The van der Waals surface area contributed by atoms with E-state index >= 15 is 0 Å². The van der Waals surface area contributed by atoms with Gasteiger partial charge >= 0.3 is 0 Å². The summed E-state index contributed by atoms with van der Waals surface area (Å²) in [4.78, 5) is 0. The molecule has 114 valence electrons. The summed E-state index contributed by atoms with van der Waals surface area (Å²) in [6.45, 7) is 10.1. The Bertz CT molecular complexity index is 243. The van der Waals surface area contributed by atoms with Gasteiger partial charge in [-0.3, -0.25) is 0 Å². The van der Waals surface area contributed by atoms with E-state index in [-0.39, 0.29) is 5.54 Å². The summed E-state index contributed by atoms with van der Waals surface area (Å²) >= 11 is 0. The normalized spacial score (nSPS) is 24.6. The topological polar surface area (TPSA) is 58.3 Å². The van der Waals surface area contributed by atoms with Crippen LogP contribution in [0.4, 0.5) is 0 Å². The molecule has 19 heavy (non-hydrogen) atoms. The summed E-state index contributed by atoms with van der Waals surface area (Å²) in [5.74, 6) is 1.71. The fourth-order valence-corrected chi connectivity index (χ4v) is 3.83. The maximum Gasteiger partial charge on any atom is 0.0474 e. The second kappa shape index (κ2) is 7.61. The number of rotatable bonds is 8. The molecule has 0 aromatic rings. The molecule has 0 spiro atoms. The molecule has 1 saturated carbocycles. The van der Waals surface area contributed by atoms with Crippen LogP contribution in [0.2, 0.25) is 0 Å². The molecule has 1 rings (SSSR count). The zero-order chi connectivity index (χ0) is 14.5. The van der Waals surface area contributed by atoms with Gasteiger partial charge in [0.05, 0.1) is 0 Å². The van der Waals surface area contributed by atoms with Crippen molar-refractivity contribution >= 4 is 0 Å². The molecule has 1 fully saturated rings. The minimum atomic E-state index is 0.0464. The van der Waals surface area contributed by atoms with E-state index in [0.717, 1.165) is 19.3 Å². The minimum Gasteiger partial charge on any atom is -0.396 e. The zero-order valence-electron chi connectivity index (χ0n) is 13.3. The number of aliphatic hydroxyl groups is 1. The van der Waals surface area contributed by atoms with Crippen LogP contribution < -0.4 is 11.1 Å². The van der Waals surface area contributed by atoms with Gasteiger partial charge in [-0.2, -0.15) is 0 Å². The van der Waals surface area contributed by atoms with Crippen LogP contribution in [0.25, 0.3) is 0 Å². The summed E-state index contributed by atoms with van der Waals surface area (Å²) in [6, 6.07) is 0.450. The summed E-state index contributed by atoms with van der Waals surface area (Å²) in [5, 5.41) is 13.4. The van der Waals surface area contributed by atoms with Gasteiger partial charge < -0.3 is 16.2 Å². The molecular weight excluding hydrogens is 236 g/mol. The maximum atomic E-state index is 9.50. The van der Waals surface area contributed by atoms with Crippen molar-refractivity contribution in [2.45, 2.75) is 71.4 Å². The second-order valence-corrected chi connectivity index (χ2v) is 7.30. The Morgan fingerprint density at radius 3 is 2.16 bits per heavy atom. The van der Waals surface area contributed by atoms with Gasteiger partial charge in [0.2, 0.25) is 0 Å². The number of aliphatic hydroxyl groups excluding tert-OH is 1. The van der Waals surface area contributed by atoms with Crippen molar-refractivity contribution in [3.63, 3.8) is 0 Å². The lowest BCUT2D eigenvalue weighted by Crippen LogP contribution is -2.57. The molecule has 3 heteroatoms. The third-order valence-corrected chi connectivity index (χ3v) is 4.37. The average molecular weight is 270 g/mol. The minimum absolute atomic E-state index is 0.0464. The molecule has 1 aliphatic carbocycles. The molecule has 0 heterocycles. The van der Waals surface area contributed by atoms with Crippen LogP contribution in [0.15, 0.2) is 0 Å². The number of hydrogen-bond donors (Lipinski definition) is 3. The van der Waals surface area contributed by atoms with Gasteiger partial charge in [-0.25, -0.2) is 0 Å². The SMILES string of the molecule is CC(C)CC(CN)(CC(C)C)NC1CCCC1CO. The van der Waals surface area contributed by atoms with E-state index in [9.17, 15) is 5.11 Å². The van der Waals surface area contributed by atoms with Gasteiger partial charge in [-0.1, -0.05) is 34.1 Å². The third kappa shape index (κ3) is 5.05. The first-order chi connectivity index (χ1) is 8.92. The first kappa shape index (κ1) is 16.9. The van der Waals surface area contributed by atoms with Gasteiger partial charge in [0.1, 0.15) is 0 Å². The van der Waals surface area contributed by atoms with Crippen molar-refractivity contribution in [2.75, 3.05) is 13.2 Å². The van der Waals surface area contributed by atoms with Crippen molar-refractivity contribution in [3.8, 4) is 0 Å². The summed E-state index contributed by atoms with van der Waals surface area (Å²) in [5.41, 5.74) is 6.19. The highest BCUT2D eigenvalue weighted by atomic mass is 16.3. The number of nitrogens with two attached hydrogens (primary N) is 1. The molecule has 0 aromatic heterocycles. The molecule has 0 aliphatic heterocycles. The highest BCUT2D eigenvalue weighted by Crippen LogP contribution is 2.31. The second-order valence-electron chi connectivity index (χ2n) is 7.30. The monoisotopic (exact) mass is 270 g/mol.